The number of aryl methyl sites for hydroxylation is 1. The fourth-order valence-electron chi connectivity index (χ4n) is 6.63. The summed E-state index contributed by atoms with van der Waals surface area (Å²) in [6.45, 7) is 6.06. The fraction of sp³-hybridized carbons (Fsp3) is 0.613. The maximum atomic E-state index is 14.6. The van der Waals surface area contributed by atoms with E-state index in [2.05, 4.69) is 31.7 Å². The van der Waals surface area contributed by atoms with Gasteiger partial charge in [-0.15, -0.1) is 6.58 Å². The lowest BCUT2D eigenvalue weighted by molar-refractivity contribution is 0.113. The van der Waals surface area contributed by atoms with Crippen molar-refractivity contribution in [2.75, 3.05) is 0 Å². The maximum absolute atomic E-state index is 14.6. The zero-order chi connectivity index (χ0) is 22.3. The first-order valence-electron chi connectivity index (χ1n) is 13.5. The van der Waals surface area contributed by atoms with Crippen LogP contribution in [0.5, 0.6) is 0 Å². The van der Waals surface area contributed by atoms with Gasteiger partial charge in [-0.05, 0) is 103 Å². The van der Waals surface area contributed by atoms with Gasteiger partial charge in [0.1, 0.15) is 5.82 Å². The van der Waals surface area contributed by atoms with Gasteiger partial charge < -0.3 is 0 Å². The third kappa shape index (κ3) is 5.83. The highest BCUT2D eigenvalue weighted by Crippen LogP contribution is 2.48. The summed E-state index contributed by atoms with van der Waals surface area (Å²) in [7, 11) is 0. The zero-order valence-corrected chi connectivity index (χ0v) is 20.3. The van der Waals surface area contributed by atoms with Crippen molar-refractivity contribution in [1.29, 1.82) is 0 Å². The number of fused-ring (bicyclic) bond motifs is 2. The number of hydrogen-bond donors (Lipinski definition) is 0. The SMILES string of the molecule is C=CCCc1cc2ccc([C@@H]3CC[C@@H]4CC(CCCCCCC)CCC4C3)cc2cc1F. The minimum absolute atomic E-state index is 0.0618. The summed E-state index contributed by atoms with van der Waals surface area (Å²) in [6, 6.07) is 10.6. The van der Waals surface area contributed by atoms with Crippen LogP contribution in [0.15, 0.2) is 43.0 Å². The van der Waals surface area contributed by atoms with Crippen LogP contribution in [0.1, 0.15) is 107 Å². The van der Waals surface area contributed by atoms with Crippen molar-refractivity contribution < 1.29 is 4.39 Å². The van der Waals surface area contributed by atoms with Gasteiger partial charge in [0.2, 0.25) is 0 Å². The Kier molecular flexibility index (Phi) is 8.44. The van der Waals surface area contributed by atoms with Gasteiger partial charge in [0.25, 0.3) is 0 Å². The Labute approximate surface area is 195 Å². The summed E-state index contributed by atoms with van der Waals surface area (Å²) in [5.41, 5.74) is 2.25. The molecule has 0 N–H and O–H groups in total. The summed E-state index contributed by atoms with van der Waals surface area (Å²) in [5, 5.41) is 2.23. The lowest BCUT2D eigenvalue weighted by atomic mass is 9.63. The molecule has 1 heteroatoms. The number of allylic oxidation sites excluding steroid dienone is 1. The average Bonchev–Trinajstić information content (AvgIpc) is 2.82. The molecule has 2 aromatic rings. The van der Waals surface area contributed by atoms with E-state index in [4.69, 9.17) is 0 Å². The first kappa shape index (κ1) is 23.5. The number of hydrogen-bond acceptors (Lipinski definition) is 0. The van der Waals surface area contributed by atoms with Crippen molar-refractivity contribution in [3.8, 4) is 0 Å². The Morgan fingerprint density at radius 1 is 0.906 bits per heavy atom. The molecule has 2 aromatic carbocycles. The Morgan fingerprint density at radius 2 is 1.72 bits per heavy atom. The number of rotatable bonds is 10. The molecule has 2 aliphatic carbocycles. The van der Waals surface area contributed by atoms with Gasteiger partial charge in [0.15, 0.2) is 0 Å². The van der Waals surface area contributed by atoms with Crippen molar-refractivity contribution in [1.82, 2.24) is 0 Å². The van der Waals surface area contributed by atoms with E-state index in [1.54, 1.807) is 6.07 Å². The largest absolute Gasteiger partial charge is 0.207 e. The number of halogens is 1. The summed E-state index contributed by atoms with van der Waals surface area (Å²) in [6.07, 6.45) is 20.4. The Bertz CT molecular complexity index is 881. The van der Waals surface area contributed by atoms with Gasteiger partial charge in [-0.2, -0.15) is 0 Å². The van der Waals surface area contributed by atoms with E-state index < -0.39 is 0 Å². The molecule has 4 rings (SSSR count). The molecule has 32 heavy (non-hydrogen) atoms. The molecule has 0 spiro atoms. The van der Waals surface area contributed by atoms with Crippen LogP contribution in [0, 0.1) is 23.6 Å². The summed E-state index contributed by atoms with van der Waals surface area (Å²) in [4.78, 5) is 0. The minimum Gasteiger partial charge on any atom is -0.207 e. The predicted octanol–water partition coefficient (Wildman–Crippen LogP) is 9.76. The first-order valence-corrected chi connectivity index (χ1v) is 13.5. The average molecular weight is 435 g/mol. The molecular weight excluding hydrogens is 391 g/mol. The van der Waals surface area contributed by atoms with Crippen molar-refractivity contribution in [2.45, 2.75) is 103 Å². The van der Waals surface area contributed by atoms with Gasteiger partial charge in [0.05, 0.1) is 0 Å². The predicted molar refractivity (Wildman–Crippen MR) is 137 cm³/mol. The Hall–Kier alpha value is -1.63. The molecule has 0 aromatic heterocycles. The van der Waals surface area contributed by atoms with Crippen LogP contribution < -0.4 is 0 Å². The molecular formula is C31H43F. The number of unbranched alkanes of at least 4 members (excludes halogenated alkanes) is 4. The summed E-state index contributed by atoms with van der Waals surface area (Å²) < 4.78 is 14.6. The van der Waals surface area contributed by atoms with Crippen molar-refractivity contribution in [3.05, 3.63) is 59.9 Å². The van der Waals surface area contributed by atoms with Gasteiger partial charge in [-0.25, -0.2) is 4.39 Å². The second-order valence-corrected chi connectivity index (χ2v) is 10.8. The van der Waals surface area contributed by atoms with Crippen LogP contribution in [0.25, 0.3) is 10.8 Å². The van der Waals surface area contributed by atoms with Crippen LogP contribution in [-0.2, 0) is 6.42 Å². The molecule has 0 saturated heterocycles. The lowest BCUT2D eigenvalue weighted by Crippen LogP contribution is -2.30. The van der Waals surface area contributed by atoms with E-state index in [0.29, 0.717) is 5.92 Å². The second-order valence-electron chi connectivity index (χ2n) is 10.8. The Morgan fingerprint density at radius 3 is 2.56 bits per heavy atom. The topological polar surface area (TPSA) is 0 Å². The van der Waals surface area contributed by atoms with Crippen molar-refractivity contribution >= 4 is 10.8 Å². The van der Waals surface area contributed by atoms with Gasteiger partial charge in [-0.1, -0.05) is 76.1 Å². The van der Waals surface area contributed by atoms with E-state index in [1.165, 1.54) is 88.0 Å². The monoisotopic (exact) mass is 434 g/mol. The smallest absolute Gasteiger partial charge is 0.127 e. The van der Waals surface area contributed by atoms with Gasteiger partial charge >= 0.3 is 0 Å². The molecule has 0 radical (unpaired) electrons. The highest BCUT2D eigenvalue weighted by atomic mass is 19.1. The van der Waals surface area contributed by atoms with Gasteiger partial charge in [-0.3, -0.25) is 0 Å². The highest BCUT2D eigenvalue weighted by Gasteiger charge is 2.35. The Balaban J connectivity index is 1.34. The van der Waals surface area contributed by atoms with Crippen molar-refractivity contribution in [2.24, 2.45) is 17.8 Å². The third-order valence-electron chi connectivity index (χ3n) is 8.56. The third-order valence-corrected chi connectivity index (χ3v) is 8.56. The van der Waals surface area contributed by atoms with Crippen molar-refractivity contribution in [3.63, 3.8) is 0 Å². The summed E-state index contributed by atoms with van der Waals surface area (Å²) >= 11 is 0. The molecule has 0 amide bonds. The number of benzene rings is 2. The summed E-state index contributed by atoms with van der Waals surface area (Å²) in [5.74, 6) is 3.47. The van der Waals surface area contributed by atoms with Gasteiger partial charge in [0, 0.05) is 0 Å². The van der Waals surface area contributed by atoms with Crippen LogP contribution in [0.2, 0.25) is 0 Å². The second kappa shape index (κ2) is 11.5. The molecule has 2 saturated carbocycles. The highest BCUT2D eigenvalue weighted by molar-refractivity contribution is 5.84. The molecule has 0 nitrogen and oxygen atoms in total. The molecule has 2 fully saturated rings. The molecule has 0 aliphatic heterocycles. The maximum Gasteiger partial charge on any atom is 0.127 e. The van der Waals surface area contributed by atoms with E-state index >= 15 is 0 Å². The van der Waals surface area contributed by atoms with E-state index in [1.807, 2.05) is 12.1 Å². The molecule has 0 heterocycles. The van der Waals surface area contributed by atoms with Crippen LogP contribution >= 0.6 is 0 Å². The standard InChI is InChI=1S/C31H43F/c1-3-5-7-8-9-10-23-12-13-25-19-26(15-14-24(25)18-23)27-16-17-28-20-29(11-6-4-2)31(32)22-30(28)21-27/h4,16-17,20-26H,2-3,5-15,18-19H2,1H3/t23?,24-,25?,26-/m1/s1. The van der Waals surface area contributed by atoms with E-state index in [-0.39, 0.29) is 5.82 Å². The first-order chi connectivity index (χ1) is 15.7. The fourth-order valence-corrected chi connectivity index (χ4v) is 6.63. The zero-order valence-electron chi connectivity index (χ0n) is 20.3. The molecule has 174 valence electrons. The molecule has 0 bridgehead atoms. The van der Waals surface area contributed by atoms with E-state index in [9.17, 15) is 4.39 Å². The van der Waals surface area contributed by atoms with Crippen LogP contribution in [0.3, 0.4) is 0 Å². The molecule has 2 aliphatic rings. The normalized spacial score (nSPS) is 25.6. The van der Waals surface area contributed by atoms with E-state index in [0.717, 1.165) is 41.5 Å². The van der Waals surface area contributed by atoms with Crippen LogP contribution in [0.4, 0.5) is 4.39 Å². The molecule has 2 unspecified atom stereocenters. The minimum atomic E-state index is -0.0618. The molecule has 4 atom stereocenters. The van der Waals surface area contributed by atoms with Crippen LogP contribution in [-0.4, -0.2) is 0 Å². The lowest BCUT2D eigenvalue weighted by Gasteiger charge is -2.42. The quantitative estimate of drug-likeness (QED) is 0.258.